The summed E-state index contributed by atoms with van der Waals surface area (Å²) in [6.45, 7) is 4.91. The molecule has 0 radical (unpaired) electrons. The third-order valence-corrected chi connectivity index (χ3v) is 4.72. The van der Waals surface area contributed by atoms with Gasteiger partial charge in [-0.1, -0.05) is 11.2 Å². The van der Waals surface area contributed by atoms with Crippen molar-refractivity contribution < 1.29 is 18.1 Å². The van der Waals surface area contributed by atoms with Crippen molar-refractivity contribution in [3.63, 3.8) is 0 Å². The molecule has 26 heavy (non-hydrogen) atoms. The van der Waals surface area contributed by atoms with E-state index >= 15 is 0 Å². The number of aromatic nitrogens is 1. The third kappa shape index (κ3) is 4.40. The standard InChI is InChI=1S/C18H21F2N3O2.ClH/c1-10-14(11(2)25-23-10)8-18(24)22-17-9-21-6-5-13(17)12-3-4-15(19)16(20)7-12;/h3-4,7,13,17,21H,5-6,8-9H2,1-2H3,(H,22,24);1H. The SMILES string of the molecule is Cc1noc(C)c1CC(=O)NC1CNCCC1c1ccc(F)c(F)c1.Cl. The van der Waals surface area contributed by atoms with Crippen LogP contribution in [0.15, 0.2) is 22.7 Å². The van der Waals surface area contributed by atoms with Gasteiger partial charge in [0.1, 0.15) is 5.76 Å². The predicted molar refractivity (Wildman–Crippen MR) is 95.4 cm³/mol. The molecule has 1 fully saturated rings. The quantitative estimate of drug-likeness (QED) is 0.849. The van der Waals surface area contributed by atoms with Crippen LogP contribution in [0.2, 0.25) is 0 Å². The van der Waals surface area contributed by atoms with Crippen LogP contribution in [-0.4, -0.2) is 30.2 Å². The molecular formula is C18H22ClF2N3O2. The van der Waals surface area contributed by atoms with Crippen molar-refractivity contribution in [1.82, 2.24) is 15.8 Å². The van der Waals surface area contributed by atoms with Gasteiger partial charge >= 0.3 is 0 Å². The van der Waals surface area contributed by atoms with E-state index in [4.69, 9.17) is 4.52 Å². The van der Waals surface area contributed by atoms with Gasteiger partial charge in [0.15, 0.2) is 11.6 Å². The number of piperidine rings is 1. The van der Waals surface area contributed by atoms with Crippen molar-refractivity contribution >= 4 is 18.3 Å². The Balaban J connectivity index is 0.00000243. The van der Waals surface area contributed by atoms with Crippen LogP contribution in [0.3, 0.4) is 0 Å². The fraction of sp³-hybridized carbons (Fsp3) is 0.444. The summed E-state index contributed by atoms with van der Waals surface area (Å²) < 4.78 is 31.8. The Labute approximate surface area is 156 Å². The molecule has 2 heterocycles. The van der Waals surface area contributed by atoms with Crippen LogP contribution in [0, 0.1) is 25.5 Å². The molecule has 1 saturated heterocycles. The molecule has 1 aliphatic heterocycles. The van der Waals surface area contributed by atoms with E-state index in [2.05, 4.69) is 15.8 Å². The van der Waals surface area contributed by atoms with E-state index in [0.29, 0.717) is 23.6 Å². The summed E-state index contributed by atoms with van der Waals surface area (Å²) >= 11 is 0. The van der Waals surface area contributed by atoms with Gasteiger partial charge in [0.25, 0.3) is 0 Å². The van der Waals surface area contributed by atoms with Crippen LogP contribution in [-0.2, 0) is 11.2 Å². The minimum absolute atomic E-state index is 0. The molecule has 1 aromatic carbocycles. The maximum Gasteiger partial charge on any atom is 0.224 e. The van der Waals surface area contributed by atoms with Gasteiger partial charge in [-0.3, -0.25) is 4.79 Å². The van der Waals surface area contributed by atoms with Gasteiger partial charge in [-0.15, -0.1) is 12.4 Å². The van der Waals surface area contributed by atoms with E-state index in [1.807, 2.05) is 0 Å². The van der Waals surface area contributed by atoms with Crippen molar-refractivity contribution in [2.75, 3.05) is 13.1 Å². The Hall–Kier alpha value is -1.99. The van der Waals surface area contributed by atoms with E-state index < -0.39 is 11.6 Å². The smallest absolute Gasteiger partial charge is 0.224 e. The molecule has 142 valence electrons. The van der Waals surface area contributed by atoms with Crippen LogP contribution in [0.25, 0.3) is 0 Å². The second kappa shape index (κ2) is 8.60. The molecule has 0 spiro atoms. The number of hydrogen-bond donors (Lipinski definition) is 2. The van der Waals surface area contributed by atoms with Gasteiger partial charge in [-0.05, 0) is 44.5 Å². The zero-order chi connectivity index (χ0) is 18.0. The number of carbonyl (C=O) groups excluding carboxylic acids is 1. The van der Waals surface area contributed by atoms with E-state index in [1.165, 1.54) is 6.07 Å². The fourth-order valence-corrected chi connectivity index (χ4v) is 3.32. The first-order valence-electron chi connectivity index (χ1n) is 8.32. The molecule has 0 bridgehead atoms. The maximum atomic E-state index is 13.6. The molecule has 3 rings (SSSR count). The summed E-state index contributed by atoms with van der Waals surface area (Å²) in [7, 11) is 0. The Morgan fingerprint density at radius 3 is 2.77 bits per heavy atom. The van der Waals surface area contributed by atoms with Crippen molar-refractivity contribution in [2.45, 2.75) is 38.6 Å². The number of hydrogen-bond acceptors (Lipinski definition) is 4. The highest BCUT2D eigenvalue weighted by atomic mass is 35.5. The van der Waals surface area contributed by atoms with Gasteiger partial charge < -0.3 is 15.2 Å². The summed E-state index contributed by atoms with van der Waals surface area (Å²) in [4.78, 5) is 12.4. The molecule has 1 aliphatic rings. The molecule has 2 unspecified atom stereocenters. The Morgan fingerprint density at radius 2 is 2.12 bits per heavy atom. The molecule has 5 nitrogen and oxygen atoms in total. The molecule has 2 N–H and O–H groups in total. The van der Waals surface area contributed by atoms with Gasteiger partial charge in [0.2, 0.25) is 5.91 Å². The Morgan fingerprint density at radius 1 is 1.35 bits per heavy atom. The normalized spacial score (nSPS) is 19.7. The number of amides is 1. The average molecular weight is 386 g/mol. The van der Waals surface area contributed by atoms with Gasteiger partial charge in [0, 0.05) is 24.1 Å². The number of aryl methyl sites for hydroxylation is 2. The minimum Gasteiger partial charge on any atom is -0.361 e. The van der Waals surface area contributed by atoms with Gasteiger partial charge in [-0.2, -0.15) is 0 Å². The molecule has 2 atom stereocenters. The summed E-state index contributed by atoms with van der Waals surface area (Å²) in [6.07, 6.45) is 0.920. The number of nitrogens with zero attached hydrogens (tertiary/aromatic N) is 1. The van der Waals surface area contributed by atoms with Crippen LogP contribution < -0.4 is 10.6 Å². The fourth-order valence-electron chi connectivity index (χ4n) is 3.32. The highest BCUT2D eigenvalue weighted by Crippen LogP contribution is 2.27. The molecular weight excluding hydrogens is 364 g/mol. The topological polar surface area (TPSA) is 67.2 Å². The second-order valence-electron chi connectivity index (χ2n) is 6.43. The van der Waals surface area contributed by atoms with Crippen LogP contribution in [0.4, 0.5) is 8.78 Å². The number of carbonyl (C=O) groups is 1. The highest BCUT2D eigenvalue weighted by molar-refractivity contribution is 5.85. The lowest BCUT2D eigenvalue weighted by Crippen LogP contribution is -2.50. The number of benzene rings is 1. The summed E-state index contributed by atoms with van der Waals surface area (Å²) in [5.41, 5.74) is 2.18. The zero-order valence-electron chi connectivity index (χ0n) is 14.6. The summed E-state index contributed by atoms with van der Waals surface area (Å²) in [6, 6.07) is 3.75. The van der Waals surface area contributed by atoms with Gasteiger partial charge in [0.05, 0.1) is 12.1 Å². The highest BCUT2D eigenvalue weighted by Gasteiger charge is 2.28. The first-order valence-corrected chi connectivity index (χ1v) is 8.32. The number of rotatable bonds is 4. The lowest BCUT2D eigenvalue weighted by atomic mass is 9.86. The monoisotopic (exact) mass is 385 g/mol. The average Bonchev–Trinajstić information content (AvgIpc) is 2.90. The van der Waals surface area contributed by atoms with Crippen LogP contribution >= 0.6 is 12.4 Å². The summed E-state index contributed by atoms with van der Waals surface area (Å²) in [5, 5.41) is 10.1. The molecule has 0 aliphatic carbocycles. The van der Waals surface area contributed by atoms with Crippen molar-refractivity contribution in [1.29, 1.82) is 0 Å². The zero-order valence-corrected chi connectivity index (χ0v) is 15.5. The number of halogens is 3. The van der Waals surface area contributed by atoms with Crippen molar-refractivity contribution in [2.24, 2.45) is 0 Å². The Bertz CT molecular complexity index is 762. The maximum absolute atomic E-state index is 13.6. The molecule has 1 amide bonds. The summed E-state index contributed by atoms with van der Waals surface area (Å²) in [5.74, 6) is -1.30. The lowest BCUT2D eigenvalue weighted by molar-refractivity contribution is -0.121. The second-order valence-corrected chi connectivity index (χ2v) is 6.43. The first-order chi connectivity index (χ1) is 12.0. The minimum atomic E-state index is -0.864. The van der Waals surface area contributed by atoms with E-state index in [1.54, 1.807) is 19.9 Å². The van der Waals surface area contributed by atoms with E-state index in [9.17, 15) is 13.6 Å². The van der Waals surface area contributed by atoms with Gasteiger partial charge in [-0.25, -0.2) is 8.78 Å². The van der Waals surface area contributed by atoms with E-state index in [0.717, 1.165) is 24.6 Å². The Kier molecular flexibility index (Phi) is 6.72. The largest absolute Gasteiger partial charge is 0.361 e. The lowest BCUT2D eigenvalue weighted by Gasteiger charge is -2.33. The predicted octanol–water partition coefficient (Wildman–Crippen LogP) is 2.80. The molecule has 0 saturated carbocycles. The third-order valence-electron chi connectivity index (χ3n) is 4.72. The van der Waals surface area contributed by atoms with E-state index in [-0.39, 0.29) is 36.7 Å². The van der Waals surface area contributed by atoms with Crippen LogP contribution in [0.5, 0.6) is 0 Å². The van der Waals surface area contributed by atoms with Crippen LogP contribution in [0.1, 0.15) is 34.9 Å². The van der Waals surface area contributed by atoms with Crippen molar-refractivity contribution in [3.8, 4) is 0 Å². The molecule has 2 aromatic rings. The number of nitrogens with one attached hydrogen (secondary N) is 2. The molecule has 1 aromatic heterocycles. The van der Waals surface area contributed by atoms with Crippen molar-refractivity contribution in [3.05, 3.63) is 52.4 Å². The molecule has 8 heteroatoms. The first kappa shape index (κ1) is 20.3.